The lowest BCUT2D eigenvalue weighted by Crippen LogP contribution is -2.30. The lowest BCUT2D eigenvalue weighted by atomic mass is 10.1. The van der Waals surface area contributed by atoms with E-state index in [1.807, 2.05) is 18.2 Å². The second-order valence-corrected chi connectivity index (χ2v) is 6.65. The fourth-order valence-electron chi connectivity index (χ4n) is 2.53. The molecule has 2 amide bonds. The standard InChI is InChI=1S/C21H23ClN2O4/c1-15(25)28-19-8-3-6-17(14-19)21(27)24-12-4-11-23-20(26)10-9-16-5-2-7-18(22)13-16/h2-3,5-8,13-14H,4,9-12H2,1H3,(H,23,26)(H,24,27). The predicted molar refractivity (Wildman–Crippen MR) is 107 cm³/mol. The van der Waals surface area contributed by atoms with E-state index in [4.69, 9.17) is 16.3 Å². The number of aryl methyl sites for hydroxylation is 1. The first-order chi connectivity index (χ1) is 13.4. The quantitative estimate of drug-likeness (QED) is 0.383. The zero-order valence-electron chi connectivity index (χ0n) is 15.7. The van der Waals surface area contributed by atoms with Gasteiger partial charge in [-0.2, -0.15) is 0 Å². The Bertz CT molecular complexity index is 839. The van der Waals surface area contributed by atoms with Crippen LogP contribution in [-0.2, 0) is 16.0 Å². The Balaban J connectivity index is 1.63. The van der Waals surface area contributed by atoms with E-state index in [1.165, 1.54) is 13.0 Å². The van der Waals surface area contributed by atoms with Crippen LogP contribution in [0.4, 0.5) is 0 Å². The predicted octanol–water partition coefficient (Wildman–Crippen LogP) is 3.13. The van der Waals surface area contributed by atoms with Crippen molar-refractivity contribution in [2.45, 2.75) is 26.2 Å². The molecule has 0 atom stereocenters. The van der Waals surface area contributed by atoms with Crippen LogP contribution in [0.3, 0.4) is 0 Å². The summed E-state index contributed by atoms with van der Waals surface area (Å²) >= 11 is 5.92. The molecule has 148 valence electrons. The number of carbonyl (C=O) groups is 3. The van der Waals surface area contributed by atoms with E-state index in [1.54, 1.807) is 24.3 Å². The molecule has 0 radical (unpaired) electrons. The molecule has 0 aromatic heterocycles. The first-order valence-corrected chi connectivity index (χ1v) is 9.39. The molecule has 0 aliphatic carbocycles. The lowest BCUT2D eigenvalue weighted by molar-refractivity contribution is -0.131. The Morgan fingerprint density at radius 1 is 1.00 bits per heavy atom. The monoisotopic (exact) mass is 402 g/mol. The normalized spacial score (nSPS) is 10.2. The average molecular weight is 403 g/mol. The molecule has 0 aliphatic heterocycles. The molecule has 7 heteroatoms. The van der Waals surface area contributed by atoms with Crippen LogP contribution < -0.4 is 15.4 Å². The molecule has 0 saturated carbocycles. The van der Waals surface area contributed by atoms with Crippen molar-refractivity contribution >= 4 is 29.4 Å². The van der Waals surface area contributed by atoms with Crippen LogP contribution in [-0.4, -0.2) is 30.9 Å². The number of amides is 2. The minimum absolute atomic E-state index is 0.0413. The summed E-state index contributed by atoms with van der Waals surface area (Å²) in [6, 6.07) is 13.8. The fourth-order valence-corrected chi connectivity index (χ4v) is 2.74. The van der Waals surface area contributed by atoms with Gasteiger partial charge in [-0.25, -0.2) is 0 Å². The fraction of sp³-hybridized carbons (Fsp3) is 0.286. The van der Waals surface area contributed by atoms with E-state index in [-0.39, 0.29) is 11.8 Å². The number of halogens is 1. The van der Waals surface area contributed by atoms with Crippen LogP contribution in [0.2, 0.25) is 5.02 Å². The van der Waals surface area contributed by atoms with Gasteiger partial charge in [-0.3, -0.25) is 14.4 Å². The minimum atomic E-state index is -0.441. The highest BCUT2D eigenvalue weighted by molar-refractivity contribution is 6.30. The van der Waals surface area contributed by atoms with E-state index >= 15 is 0 Å². The molecule has 28 heavy (non-hydrogen) atoms. The van der Waals surface area contributed by atoms with Gasteiger partial charge >= 0.3 is 5.97 Å². The van der Waals surface area contributed by atoms with Crippen LogP contribution in [0, 0.1) is 0 Å². The van der Waals surface area contributed by atoms with Crippen molar-refractivity contribution in [3.05, 3.63) is 64.7 Å². The second-order valence-electron chi connectivity index (χ2n) is 6.21. The number of hydrogen-bond donors (Lipinski definition) is 2. The van der Waals surface area contributed by atoms with Gasteiger partial charge in [0.2, 0.25) is 5.91 Å². The van der Waals surface area contributed by atoms with Crippen molar-refractivity contribution in [1.82, 2.24) is 10.6 Å². The molecule has 0 bridgehead atoms. The van der Waals surface area contributed by atoms with Gasteiger partial charge in [0.25, 0.3) is 5.91 Å². The number of ether oxygens (including phenoxy) is 1. The van der Waals surface area contributed by atoms with Crippen molar-refractivity contribution < 1.29 is 19.1 Å². The van der Waals surface area contributed by atoms with Gasteiger partial charge in [0.05, 0.1) is 0 Å². The highest BCUT2D eigenvalue weighted by Crippen LogP contribution is 2.13. The number of carbonyl (C=O) groups excluding carboxylic acids is 3. The molecule has 0 heterocycles. The molecule has 0 unspecified atom stereocenters. The molecule has 2 aromatic carbocycles. The van der Waals surface area contributed by atoms with Gasteiger partial charge in [-0.05, 0) is 48.7 Å². The first-order valence-electron chi connectivity index (χ1n) is 9.02. The highest BCUT2D eigenvalue weighted by Gasteiger charge is 2.07. The number of nitrogens with one attached hydrogen (secondary N) is 2. The maximum Gasteiger partial charge on any atom is 0.308 e. The molecule has 0 saturated heterocycles. The van der Waals surface area contributed by atoms with Gasteiger partial charge < -0.3 is 15.4 Å². The Hall–Kier alpha value is -2.86. The molecule has 0 aliphatic rings. The molecule has 6 nitrogen and oxygen atoms in total. The maximum atomic E-state index is 12.1. The van der Waals surface area contributed by atoms with Crippen molar-refractivity contribution in [2.75, 3.05) is 13.1 Å². The summed E-state index contributed by atoms with van der Waals surface area (Å²) in [5.41, 5.74) is 1.43. The Kier molecular flexibility index (Phi) is 8.49. The Morgan fingerprint density at radius 2 is 1.75 bits per heavy atom. The van der Waals surface area contributed by atoms with E-state index in [0.29, 0.717) is 48.7 Å². The molecular formula is C21H23ClN2O4. The highest BCUT2D eigenvalue weighted by atomic mass is 35.5. The SMILES string of the molecule is CC(=O)Oc1cccc(C(=O)NCCCNC(=O)CCc2cccc(Cl)c2)c1. The van der Waals surface area contributed by atoms with Crippen LogP contribution in [0.5, 0.6) is 5.75 Å². The average Bonchev–Trinajstić information content (AvgIpc) is 2.65. The van der Waals surface area contributed by atoms with Crippen LogP contribution >= 0.6 is 11.6 Å². The second kappa shape index (κ2) is 11.1. The van der Waals surface area contributed by atoms with Gasteiger partial charge in [-0.15, -0.1) is 0 Å². The summed E-state index contributed by atoms with van der Waals surface area (Å²) in [7, 11) is 0. The zero-order chi connectivity index (χ0) is 20.4. The molecule has 2 aromatic rings. The van der Waals surface area contributed by atoms with Gasteiger partial charge in [-0.1, -0.05) is 29.8 Å². The Morgan fingerprint density at radius 3 is 2.50 bits per heavy atom. The molecule has 2 N–H and O–H groups in total. The number of esters is 1. The maximum absolute atomic E-state index is 12.1. The molecular weight excluding hydrogens is 380 g/mol. The lowest BCUT2D eigenvalue weighted by Gasteiger charge is -2.08. The van der Waals surface area contributed by atoms with Crippen molar-refractivity contribution in [3.8, 4) is 5.75 Å². The van der Waals surface area contributed by atoms with E-state index in [2.05, 4.69) is 10.6 Å². The smallest absolute Gasteiger partial charge is 0.308 e. The van der Waals surface area contributed by atoms with E-state index < -0.39 is 5.97 Å². The summed E-state index contributed by atoms with van der Waals surface area (Å²) in [5, 5.41) is 6.26. The Labute approximate surface area is 169 Å². The number of rotatable bonds is 9. The molecule has 2 rings (SSSR count). The summed E-state index contributed by atoms with van der Waals surface area (Å²) < 4.78 is 4.96. The van der Waals surface area contributed by atoms with Crippen LogP contribution in [0.15, 0.2) is 48.5 Å². The number of hydrogen-bond acceptors (Lipinski definition) is 4. The first kappa shape index (κ1) is 21.4. The largest absolute Gasteiger partial charge is 0.427 e. The third-order valence-corrected chi connectivity index (χ3v) is 4.08. The zero-order valence-corrected chi connectivity index (χ0v) is 16.4. The summed E-state index contributed by atoms with van der Waals surface area (Å²) in [4.78, 5) is 35.0. The summed E-state index contributed by atoms with van der Waals surface area (Å²) in [6.45, 7) is 2.20. The molecule has 0 fully saturated rings. The third-order valence-electron chi connectivity index (χ3n) is 3.85. The number of benzene rings is 2. The van der Waals surface area contributed by atoms with E-state index in [0.717, 1.165) is 5.56 Å². The topological polar surface area (TPSA) is 84.5 Å². The van der Waals surface area contributed by atoms with Gasteiger partial charge in [0.1, 0.15) is 5.75 Å². The van der Waals surface area contributed by atoms with Crippen molar-refractivity contribution in [2.24, 2.45) is 0 Å². The van der Waals surface area contributed by atoms with Gasteiger partial charge in [0, 0.05) is 37.0 Å². The summed E-state index contributed by atoms with van der Waals surface area (Å²) in [5.74, 6) is -0.419. The van der Waals surface area contributed by atoms with Gasteiger partial charge in [0.15, 0.2) is 0 Å². The van der Waals surface area contributed by atoms with Crippen molar-refractivity contribution in [3.63, 3.8) is 0 Å². The summed E-state index contributed by atoms with van der Waals surface area (Å²) in [6.07, 6.45) is 1.62. The van der Waals surface area contributed by atoms with E-state index in [9.17, 15) is 14.4 Å². The molecule has 0 spiro atoms. The van der Waals surface area contributed by atoms with Crippen LogP contribution in [0.1, 0.15) is 35.7 Å². The minimum Gasteiger partial charge on any atom is -0.427 e. The van der Waals surface area contributed by atoms with Crippen molar-refractivity contribution in [1.29, 1.82) is 0 Å². The third kappa shape index (κ3) is 7.80. The van der Waals surface area contributed by atoms with Crippen LogP contribution in [0.25, 0.3) is 0 Å².